The van der Waals surface area contributed by atoms with Gasteiger partial charge in [-0.15, -0.1) is 0 Å². The van der Waals surface area contributed by atoms with Crippen molar-refractivity contribution in [2.24, 2.45) is 0 Å². The maximum Gasteiger partial charge on any atom is 0.255 e. The van der Waals surface area contributed by atoms with Gasteiger partial charge in [0, 0.05) is 29.3 Å². The molecule has 0 aliphatic rings. The summed E-state index contributed by atoms with van der Waals surface area (Å²) in [5.74, 6) is 0.899. The third-order valence-corrected chi connectivity index (χ3v) is 3.65. The van der Waals surface area contributed by atoms with Crippen molar-refractivity contribution in [2.45, 2.75) is 0 Å². The maximum atomic E-state index is 12.5. The fraction of sp³-hybridized carbons (Fsp3) is 0.105. The molecule has 1 heterocycles. The predicted octanol–water partition coefficient (Wildman–Crippen LogP) is 3.75. The highest BCUT2D eigenvalue weighted by Gasteiger charge is 2.11. The summed E-state index contributed by atoms with van der Waals surface area (Å²) in [6.45, 7) is 0. The zero-order valence-electron chi connectivity index (χ0n) is 13.5. The molecule has 0 saturated carbocycles. The molecule has 0 spiro atoms. The minimum Gasteiger partial charge on any atom is -0.493 e. The molecule has 0 fully saturated rings. The Kier molecular flexibility index (Phi) is 4.52. The number of methoxy groups -OCH3 is 2. The summed E-state index contributed by atoms with van der Waals surface area (Å²) >= 11 is 0. The number of nitrogens with one attached hydrogen (secondary N) is 1. The van der Waals surface area contributed by atoms with E-state index in [-0.39, 0.29) is 5.91 Å². The smallest absolute Gasteiger partial charge is 0.255 e. The van der Waals surface area contributed by atoms with Crippen LogP contribution in [0.25, 0.3) is 5.69 Å². The normalized spacial score (nSPS) is 10.2. The van der Waals surface area contributed by atoms with Crippen LogP contribution in [-0.4, -0.2) is 24.7 Å². The first-order valence-corrected chi connectivity index (χ1v) is 7.48. The number of carbonyl (C=O) groups is 1. The number of nitrogens with zero attached hydrogens (tertiary/aromatic N) is 1. The molecule has 5 heteroatoms. The van der Waals surface area contributed by atoms with Crippen LogP contribution in [0.1, 0.15) is 10.4 Å². The molecule has 0 aliphatic carbocycles. The summed E-state index contributed by atoms with van der Waals surface area (Å²) < 4.78 is 12.4. The Labute approximate surface area is 140 Å². The third kappa shape index (κ3) is 3.25. The number of benzene rings is 2. The topological polar surface area (TPSA) is 52.5 Å². The number of hydrogen-bond donors (Lipinski definition) is 1. The van der Waals surface area contributed by atoms with E-state index < -0.39 is 0 Å². The largest absolute Gasteiger partial charge is 0.493 e. The Bertz CT molecular complexity index is 842. The fourth-order valence-corrected chi connectivity index (χ4v) is 2.43. The van der Waals surface area contributed by atoms with Crippen LogP contribution in [0.2, 0.25) is 0 Å². The number of hydrogen-bond acceptors (Lipinski definition) is 3. The molecule has 3 rings (SSSR count). The highest BCUT2D eigenvalue weighted by Crippen LogP contribution is 2.28. The van der Waals surface area contributed by atoms with Crippen molar-refractivity contribution in [3.05, 3.63) is 72.6 Å². The van der Waals surface area contributed by atoms with Crippen LogP contribution in [0.3, 0.4) is 0 Å². The monoisotopic (exact) mass is 322 g/mol. The standard InChI is InChI=1S/C19H18N2O3/c1-23-17-9-8-14(12-18(17)24-2)19(22)20-15-6-5-7-16(13-15)21-10-3-4-11-21/h3-13H,1-2H3,(H,20,22). The molecule has 24 heavy (non-hydrogen) atoms. The summed E-state index contributed by atoms with van der Waals surface area (Å²) in [6, 6.07) is 16.6. The van der Waals surface area contributed by atoms with Crippen molar-refractivity contribution in [1.29, 1.82) is 0 Å². The van der Waals surface area contributed by atoms with Crippen molar-refractivity contribution in [3.8, 4) is 17.2 Å². The lowest BCUT2D eigenvalue weighted by Crippen LogP contribution is -2.12. The van der Waals surface area contributed by atoms with Gasteiger partial charge in [0.1, 0.15) is 0 Å². The van der Waals surface area contributed by atoms with Crippen molar-refractivity contribution in [2.75, 3.05) is 19.5 Å². The number of carbonyl (C=O) groups excluding carboxylic acids is 1. The van der Waals surface area contributed by atoms with Crippen LogP contribution < -0.4 is 14.8 Å². The highest BCUT2D eigenvalue weighted by molar-refractivity contribution is 6.04. The molecule has 3 aromatic rings. The van der Waals surface area contributed by atoms with Crippen molar-refractivity contribution in [1.82, 2.24) is 4.57 Å². The molecule has 5 nitrogen and oxygen atoms in total. The van der Waals surface area contributed by atoms with Gasteiger partial charge in [-0.2, -0.15) is 0 Å². The van der Waals surface area contributed by atoms with E-state index in [0.717, 1.165) is 11.4 Å². The molecule has 2 aromatic carbocycles. The molecule has 0 saturated heterocycles. The van der Waals surface area contributed by atoms with Crippen molar-refractivity contribution < 1.29 is 14.3 Å². The summed E-state index contributed by atoms with van der Waals surface area (Å²) in [4.78, 5) is 12.5. The van der Waals surface area contributed by atoms with E-state index >= 15 is 0 Å². The molecule has 1 aromatic heterocycles. The molecule has 0 bridgehead atoms. The summed E-state index contributed by atoms with van der Waals surface area (Å²) in [7, 11) is 3.10. The van der Waals surface area contributed by atoms with Gasteiger partial charge in [0.25, 0.3) is 5.91 Å². The zero-order chi connectivity index (χ0) is 16.9. The molecule has 0 radical (unpaired) electrons. The van der Waals surface area contributed by atoms with Crippen LogP contribution in [0.4, 0.5) is 5.69 Å². The van der Waals surface area contributed by atoms with Gasteiger partial charge < -0.3 is 19.4 Å². The Morgan fingerprint density at radius 2 is 1.67 bits per heavy atom. The highest BCUT2D eigenvalue weighted by atomic mass is 16.5. The quantitative estimate of drug-likeness (QED) is 0.778. The molecule has 0 atom stereocenters. The predicted molar refractivity (Wildman–Crippen MR) is 93.3 cm³/mol. The molecule has 0 unspecified atom stereocenters. The van der Waals surface area contributed by atoms with E-state index in [2.05, 4.69) is 5.32 Å². The lowest BCUT2D eigenvalue weighted by molar-refractivity contribution is 0.102. The third-order valence-electron chi connectivity index (χ3n) is 3.65. The van der Waals surface area contributed by atoms with E-state index in [1.165, 1.54) is 0 Å². The van der Waals surface area contributed by atoms with E-state index in [9.17, 15) is 4.79 Å². The lowest BCUT2D eigenvalue weighted by Gasteiger charge is -2.11. The second kappa shape index (κ2) is 6.91. The number of rotatable bonds is 5. The number of ether oxygens (including phenoxy) is 2. The second-order valence-corrected chi connectivity index (χ2v) is 5.16. The van der Waals surface area contributed by atoms with Crippen LogP contribution in [0.5, 0.6) is 11.5 Å². The maximum absolute atomic E-state index is 12.5. The minimum atomic E-state index is -0.208. The van der Waals surface area contributed by atoms with E-state index in [4.69, 9.17) is 9.47 Å². The van der Waals surface area contributed by atoms with Gasteiger partial charge in [-0.1, -0.05) is 6.07 Å². The lowest BCUT2D eigenvalue weighted by atomic mass is 10.1. The van der Waals surface area contributed by atoms with Gasteiger partial charge in [-0.3, -0.25) is 4.79 Å². The Morgan fingerprint density at radius 1 is 0.917 bits per heavy atom. The van der Waals surface area contributed by atoms with Gasteiger partial charge in [-0.05, 0) is 48.5 Å². The average Bonchev–Trinajstić information content (AvgIpc) is 3.16. The molecule has 0 aliphatic heterocycles. The number of amides is 1. The zero-order valence-corrected chi connectivity index (χ0v) is 13.5. The van der Waals surface area contributed by atoms with E-state index in [1.807, 2.05) is 53.4 Å². The Balaban J connectivity index is 1.81. The van der Waals surface area contributed by atoms with Gasteiger partial charge >= 0.3 is 0 Å². The van der Waals surface area contributed by atoms with Crippen LogP contribution in [0, 0.1) is 0 Å². The molecule has 1 amide bonds. The number of anilines is 1. The molecular weight excluding hydrogens is 304 g/mol. The summed E-state index contributed by atoms with van der Waals surface area (Å²) in [5.41, 5.74) is 2.20. The first kappa shape index (κ1) is 15.7. The minimum absolute atomic E-state index is 0.208. The molecular formula is C19H18N2O3. The first-order valence-electron chi connectivity index (χ1n) is 7.48. The SMILES string of the molecule is COc1ccc(C(=O)Nc2cccc(-n3cccc3)c2)cc1OC. The van der Waals surface area contributed by atoms with Gasteiger partial charge in [0.2, 0.25) is 0 Å². The Morgan fingerprint density at radius 3 is 2.38 bits per heavy atom. The Hall–Kier alpha value is -3.21. The van der Waals surface area contributed by atoms with Gasteiger partial charge in [0.05, 0.1) is 14.2 Å². The van der Waals surface area contributed by atoms with Crippen molar-refractivity contribution in [3.63, 3.8) is 0 Å². The number of aromatic nitrogens is 1. The van der Waals surface area contributed by atoms with Gasteiger partial charge in [0.15, 0.2) is 11.5 Å². The second-order valence-electron chi connectivity index (χ2n) is 5.16. The van der Waals surface area contributed by atoms with Crippen LogP contribution in [-0.2, 0) is 0 Å². The van der Waals surface area contributed by atoms with E-state index in [0.29, 0.717) is 17.1 Å². The van der Waals surface area contributed by atoms with Crippen LogP contribution in [0.15, 0.2) is 67.0 Å². The summed E-state index contributed by atoms with van der Waals surface area (Å²) in [5, 5.41) is 2.90. The molecule has 122 valence electrons. The first-order chi connectivity index (χ1) is 11.7. The molecule has 1 N–H and O–H groups in total. The summed E-state index contributed by atoms with van der Waals surface area (Å²) in [6.07, 6.45) is 3.91. The van der Waals surface area contributed by atoms with Crippen molar-refractivity contribution >= 4 is 11.6 Å². The fourth-order valence-electron chi connectivity index (χ4n) is 2.43. The average molecular weight is 322 g/mol. The van der Waals surface area contributed by atoms with E-state index in [1.54, 1.807) is 32.4 Å². The van der Waals surface area contributed by atoms with Gasteiger partial charge in [-0.25, -0.2) is 0 Å². The van der Waals surface area contributed by atoms with Crippen LogP contribution >= 0.6 is 0 Å².